The second kappa shape index (κ2) is 8.09. The van der Waals surface area contributed by atoms with Crippen LogP contribution in [0.3, 0.4) is 0 Å². The van der Waals surface area contributed by atoms with Gasteiger partial charge in [0, 0.05) is 9.52 Å². The third-order valence-corrected chi connectivity index (χ3v) is 8.10. The molecule has 108 valence electrons. The lowest BCUT2D eigenvalue weighted by atomic mass is 9.70. The van der Waals surface area contributed by atoms with Crippen LogP contribution >= 0.6 is 0 Å². The molecule has 0 N–H and O–H groups in total. The molecule has 2 fully saturated rings. The number of rotatable bonds is 6. The van der Waals surface area contributed by atoms with E-state index in [2.05, 4.69) is 25.3 Å². The molecule has 0 nitrogen and oxygen atoms in total. The van der Waals surface area contributed by atoms with Crippen LogP contribution in [0.4, 0.5) is 0 Å². The Morgan fingerprint density at radius 1 is 0.789 bits per heavy atom. The molecule has 0 radical (unpaired) electrons. The Labute approximate surface area is 122 Å². The zero-order chi connectivity index (χ0) is 13.5. The standard InChI is InChI=1S/C18H32Si/c1-3-5-15-6-8-16(9-7-15)17-10-12-18(13-11-17)19-14-4-2/h3-4,15-18H,1-2,5-14,19H2. The molecule has 0 saturated heterocycles. The highest BCUT2D eigenvalue weighted by Crippen LogP contribution is 2.43. The molecule has 19 heavy (non-hydrogen) atoms. The summed E-state index contributed by atoms with van der Waals surface area (Å²) >= 11 is 0. The van der Waals surface area contributed by atoms with Crippen molar-refractivity contribution in [3.63, 3.8) is 0 Å². The molecule has 2 aliphatic carbocycles. The van der Waals surface area contributed by atoms with Gasteiger partial charge in [-0.25, -0.2) is 0 Å². The summed E-state index contributed by atoms with van der Waals surface area (Å²) in [5.41, 5.74) is 1.14. The molecule has 1 heteroatoms. The van der Waals surface area contributed by atoms with Crippen molar-refractivity contribution in [1.82, 2.24) is 0 Å². The average molecular weight is 277 g/mol. The van der Waals surface area contributed by atoms with E-state index in [9.17, 15) is 0 Å². The van der Waals surface area contributed by atoms with Crippen molar-refractivity contribution >= 4 is 9.52 Å². The quantitative estimate of drug-likeness (QED) is 0.466. The second-order valence-corrected chi connectivity index (χ2v) is 9.26. The van der Waals surface area contributed by atoms with Crippen molar-refractivity contribution in [2.24, 2.45) is 17.8 Å². The molecule has 2 saturated carbocycles. The zero-order valence-electron chi connectivity index (χ0n) is 12.7. The van der Waals surface area contributed by atoms with Gasteiger partial charge in [0.1, 0.15) is 0 Å². The molecule has 0 aromatic rings. The molecule has 0 amide bonds. The van der Waals surface area contributed by atoms with Crippen LogP contribution in [-0.2, 0) is 0 Å². The van der Waals surface area contributed by atoms with Crippen LogP contribution in [0.25, 0.3) is 0 Å². The van der Waals surface area contributed by atoms with Crippen LogP contribution in [0.2, 0.25) is 11.6 Å². The van der Waals surface area contributed by atoms with Crippen molar-refractivity contribution in [1.29, 1.82) is 0 Å². The molecule has 0 bridgehead atoms. The van der Waals surface area contributed by atoms with Crippen molar-refractivity contribution in [3.8, 4) is 0 Å². The fourth-order valence-electron chi connectivity index (χ4n) is 4.43. The highest BCUT2D eigenvalue weighted by Gasteiger charge is 2.30. The molecule has 0 atom stereocenters. The number of hydrogen-bond acceptors (Lipinski definition) is 0. The number of allylic oxidation sites excluding steroid dienone is 2. The summed E-state index contributed by atoms with van der Waals surface area (Å²) in [5.74, 6) is 3.12. The van der Waals surface area contributed by atoms with Gasteiger partial charge in [-0.3, -0.25) is 0 Å². The van der Waals surface area contributed by atoms with Crippen LogP contribution in [-0.4, -0.2) is 9.52 Å². The van der Waals surface area contributed by atoms with Gasteiger partial charge >= 0.3 is 0 Å². The van der Waals surface area contributed by atoms with E-state index in [1.165, 1.54) is 38.1 Å². The molecule has 0 aromatic heterocycles. The molecule has 0 heterocycles. The predicted octanol–water partition coefficient (Wildman–Crippen LogP) is 5.12. The maximum atomic E-state index is 3.89. The van der Waals surface area contributed by atoms with Gasteiger partial charge in [-0.05, 0) is 55.9 Å². The summed E-state index contributed by atoms with van der Waals surface area (Å²) < 4.78 is 0. The summed E-state index contributed by atoms with van der Waals surface area (Å²) in [6.07, 6.45) is 17.7. The monoisotopic (exact) mass is 276 g/mol. The SMILES string of the molecule is C=CC[SiH2]C1CCC(C2CCC(CC=C)CC2)CC1. The fourth-order valence-corrected chi connectivity index (χ4v) is 6.19. The lowest BCUT2D eigenvalue weighted by Crippen LogP contribution is -2.25. The molecule has 0 spiro atoms. The zero-order valence-corrected chi connectivity index (χ0v) is 14.1. The van der Waals surface area contributed by atoms with Gasteiger partial charge in [0.25, 0.3) is 0 Å². The first-order valence-electron chi connectivity index (χ1n) is 8.55. The first-order valence-corrected chi connectivity index (χ1v) is 10.4. The van der Waals surface area contributed by atoms with E-state index in [4.69, 9.17) is 0 Å². The minimum absolute atomic E-state index is 0.170. The lowest BCUT2D eigenvalue weighted by Gasteiger charge is -2.37. The second-order valence-electron chi connectivity index (χ2n) is 6.95. The summed E-state index contributed by atoms with van der Waals surface area (Å²) in [6, 6.07) is 1.36. The van der Waals surface area contributed by atoms with E-state index in [1.807, 2.05) is 0 Å². The Morgan fingerprint density at radius 3 is 1.89 bits per heavy atom. The Hall–Kier alpha value is -0.303. The Morgan fingerprint density at radius 2 is 1.37 bits per heavy atom. The first kappa shape index (κ1) is 15.1. The van der Waals surface area contributed by atoms with Gasteiger partial charge in [-0.1, -0.05) is 43.4 Å². The van der Waals surface area contributed by atoms with Crippen LogP contribution in [0.5, 0.6) is 0 Å². The van der Waals surface area contributed by atoms with Crippen LogP contribution in [0.15, 0.2) is 25.3 Å². The fraction of sp³-hybridized carbons (Fsp3) is 0.778. The molecule has 2 aliphatic rings. The van der Waals surface area contributed by atoms with E-state index < -0.39 is 0 Å². The molecule has 0 aliphatic heterocycles. The Kier molecular flexibility index (Phi) is 6.43. The number of hydrogen-bond donors (Lipinski definition) is 0. The van der Waals surface area contributed by atoms with Crippen LogP contribution in [0.1, 0.15) is 57.8 Å². The summed E-state index contributed by atoms with van der Waals surface area (Å²) in [7, 11) is 0.170. The van der Waals surface area contributed by atoms with Gasteiger partial charge in [0.2, 0.25) is 0 Å². The van der Waals surface area contributed by atoms with E-state index in [0.717, 1.165) is 23.3 Å². The van der Waals surface area contributed by atoms with Gasteiger partial charge < -0.3 is 0 Å². The lowest BCUT2D eigenvalue weighted by molar-refractivity contribution is 0.168. The largest absolute Gasteiger partial charge is 0.103 e. The van der Waals surface area contributed by atoms with Crippen molar-refractivity contribution in [2.45, 2.75) is 69.4 Å². The summed E-state index contributed by atoms with van der Waals surface area (Å²) in [4.78, 5) is 0. The normalized spacial score (nSPS) is 36.4. The van der Waals surface area contributed by atoms with E-state index in [0.29, 0.717) is 0 Å². The maximum Gasteiger partial charge on any atom is 0.0272 e. The Bertz CT molecular complexity index is 267. The van der Waals surface area contributed by atoms with E-state index >= 15 is 0 Å². The predicted molar refractivity (Wildman–Crippen MR) is 89.5 cm³/mol. The topological polar surface area (TPSA) is 0 Å². The molecular weight excluding hydrogens is 244 g/mol. The molecule has 2 rings (SSSR count). The van der Waals surface area contributed by atoms with Crippen molar-refractivity contribution in [2.75, 3.05) is 0 Å². The molecular formula is C18H32Si. The highest BCUT2D eigenvalue weighted by molar-refractivity contribution is 6.38. The van der Waals surface area contributed by atoms with Gasteiger partial charge in [-0.15, -0.1) is 13.2 Å². The van der Waals surface area contributed by atoms with Crippen molar-refractivity contribution < 1.29 is 0 Å². The first-order chi connectivity index (χ1) is 9.33. The molecule has 0 aromatic carbocycles. The summed E-state index contributed by atoms with van der Waals surface area (Å²) in [6.45, 7) is 7.78. The van der Waals surface area contributed by atoms with Gasteiger partial charge in [0.15, 0.2) is 0 Å². The third-order valence-electron chi connectivity index (χ3n) is 5.73. The highest BCUT2D eigenvalue weighted by atomic mass is 28.2. The van der Waals surface area contributed by atoms with Crippen LogP contribution in [0, 0.1) is 17.8 Å². The molecule has 0 unspecified atom stereocenters. The maximum absolute atomic E-state index is 3.89. The smallest absolute Gasteiger partial charge is 0.0272 e. The van der Waals surface area contributed by atoms with Gasteiger partial charge in [0.05, 0.1) is 0 Å². The van der Waals surface area contributed by atoms with E-state index in [-0.39, 0.29) is 9.52 Å². The van der Waals surface area contributed by atoms with E-state index in [1.54, 1.807) is 25.7 Å². The minimum Gasteiger partial charge on any atom is -0.103 e. The Balaban J connectivity index is 1.67. The minimum atomic E-state index is 0.170. The average Bonchev–Trinajstić information content (AvgIpc) is 2.47. The third kappa shape index (κ3) is 4.63. The van der Waals surface area contributed by atoms with Gasteiger partial charge in [-0.2, -0.15) is 0 Å². The summed E-state index contributed by atoms with van der Waals surface area (Å²) in [5, 5.41) is 0. The van der Waals surface area contributed by atoms with Crippen molar-refractivity contribution in [3.05, 3.63) is 25.3 Å². The van der Waals surface area contributed by atoms with Crippen LogP contribution < -0.4 is 0 Å².